The van der Waals surface area contributed by atoms with Crippen LogP contribution in [0, 0.1) is 23.7 Å². The molecule has 0 spiro atoms. The molecule has 22 heavy (non-hydrogen) atoms. The van der Waals surface area contributed by atoms with E-state index in [4.69, 9.17) is 0 Å². The first kappa shape index (κ1) is 13.2. The van der Waals surface area contributed by atoms with Gasteiger partial charge in [0.2, 0.25) is 0 Å². The number of phenolic OH excluding ortho intramolecular Hbond substituents is 1. The van der Waals surface area contributed by atoms with Crippen molar-refractivity contribution in [1.29, 1.82) is 0 Å². The summed E-state index contributed by atoms with van der Waals surface area (Å²) < 4.78 is 0. The molecule has 4 atom stereocenters. The molecule has 4 unspecified atom stereocenters. The van der Waals surface area contributed by atoms with Crippen molar-refractivity contribution in [3.63, 3.8) is 0 Å². The van der Waals surface area contributed by atoms with Crippen molar-refractivity contribution in [1.82, 2.24) is 5.01 Å². The third-order valence-electron chi connectivity index (χ3n) is 4.93. The Morgan fingerprint density at radius 3 is 2.27 bits per heavy atom. The number of benzene rings is 1. The highest BCUT2D eigenvalue weighted by Crippen LogP contribution is 2.49. The first-order chi connectivity index (χ1) is 10.6. The summed E-state index contributed by atoms with van der Waals surface area (Å²) in [5, 5.41) is 14.6. The normalized spacial score (nSPS) is 33.0. The zero-order chi connectivity index (χ0) is 15.3. The number of allylic oxidation sites excluding steroid dienone is 2. The van der Waals surface area contributed by atoms with Gasteiger partial charge < -0.3 is 5.11 Å². The van der Waals surface area contributed by atoms with E-state index in [1.54, 1.807) is 18.2 Å². The lowest BCUT2D eigenvalue weighted by atomic mass is 9.63. The minimum atomic E-state index is -0.238. The van der Waals surface area contributed by atoms with Crippen molar-refractivity contribution >= 4 is 18.0 Å². The monoisotopic (exact) mass is 296 g/mol. The lowest BCUT2D eigenvalue weighted by Gasteiger charge is -2.37. The number of hydrogen-bond acceptors (Lipinski definition) is 4. The quantitative estimate of drug-likeness (QED) is 0.515. The zero-order valence-electron chi connectivity index (χ0n) is 11.9. The maximum atomic E-state index is 12.5. The number of phenols is 1. The van der Waals surface area contributed by atoms with E-state index >= 15 is 0 Å². The molecule has 1 heterocycles. The number of aromatic hydroxyl groups is 1. The number of nitrogens with zero attached hydrogens (tertiary/aromatic N) is 2. The lowest BCUT2D eigenvalue weighted by Crippen LogP contribution is -2.38. The molecule has 1 saturated carbocycles. The molecule has 2 fully saturated rings. The molecule has 5 rings (SSSR count). The van der Waals surface area contributed by atoms with Gasteiger partial charge in [-0.2, -0.15) is 10.1 Å². The summed E-state index contributed by atoms with van der Waals surface area (Å²) in [5.41, 5.74) is 0.650. The average molecular weight is 296 g/mol. The molecule has 5 heteroatoms. The summed E-state index contributed by atoms with van der Waals surface area (Å²) in [5.74, 6) is -0.384. The van der Waals surface area contributed by atoms with Gasteiger partial charge in [-0.15, -0.1) is 0 Å². The van der Waals surface area contributed by atoms with Gasteiger partial charge in [0.05, 0.1) is 18.1 Å². The first-order valence-electron chi connectivity index (χ1n) is 7.54. The van der Waals surface area contributed by atoms with E-state index in [9.17, 15) is 14.7 Å². The fourth-order valence-electron chi connectivity index (χ4n) is 3.90. The fraction of sp³-hybridized carbons (Fsp3) is 0.353. The second-order valence-electron chi connectivity index (χ2n) is 6.17. The smallest absolute Gasteiger partial charge is 0.254 e. The summed E-state index contributed by atoms with van der Waals surface area (Å²) >= 11 is 0. The molecule has 0 radical (unpaired) electrons. The highest BCUT2D eigenvalue weighted by molar-refractivity contribution is 6.06. The third kappa shape index (κ3) is 1.89. The topological polar surface area (TPSA) is 70.0 Å². The largest absolute Gasteiger partial charge is 0.508 e. The molecule has 2 amide bonds. The molecule has 4 aliphatic rings. The van der Waals surface area contributed by atoms with E-state index in [1.807, 2.05) is 0 Å². The Bertz CT molecular complexity index is 678. The van der Waals surface area contributed by atoms with E-state index in [1.165, 1.54) is 12.3 Å². The van der Waals surface area contributed by atoms with Crippen molar-refractivity contribution in [2.75, 3.05) is 0 Å². The molecule has 0 aromatic heterocycles. The molecular formula is C17H16N2O3. The Morgan fingerprint density at radius 2 is 1.73 bits per heavy atom. The van der Waals surface area contributed by atoms with Gasteiger partial charge in [0.15, 0.2) is 0 Å². The SMILES string of the molecule is O=C1C2C3C=CC(CC3)C2C(=O)N1N=Cc1cccc(O)c1. The van der Waals surface area contributed by atoms with E-state index in [2.05, 4.69) is 17.3 Å². The Labute approximate surface area is 127 Å². The maximum absolute atomic E-state index is 12.5. The number of imide groups is 1. The number of hydrogen-bond donors (Lipinski definition) is 1. The highest BCUT2D eigenvalue weighted by atomic mass is 16.3. The van der Waals surface area contributed by atoms with Crippen LogP contribution in [0.2, 0.25) is 0 Å². The second-order valence-corrected chi connectivity index (χ2v) is 6.17. The number of amides is 2. The van der Waals surface area contributed by atoms with Gasteiger partial charge in [-0.3, -0.25) is 9.59 Å². The molecule has 1 aromatic rings. The fourth-order valence-corrected chi connectivity index (χ4v) is 3.90. The lowest BCUT2D eigenvalue weighted by molar-refractivity contribution is -0.140. The van der Waals surface area contributed by atoms with E-state index in [0.29, 0.717) is 5.56 Å². The van der Waals surface area contributed by atoms with Crippen molar-refractivity contribution in [2.24, 2.45) is 28.8 Å². The van der Waals surface area contributed by atoms with Crippen LogP contribution < -0.4 is 0 Å². The van der Waals surface area contributed by atoms with Crippen LogP contribution in [-0.4, -0.2) is 28.1 Å². The number of rotatable bonds is 2. The van der Waals surface area contributed by atoms with Gasteiger partial charge in [0.25, 0.3) is 11.8 Å². The Balaban J connectivity index is 1.61. The predicted molar refractivity (Wildman–Crippen MR) is 79.9 cm³/mol. The van der Waals surface area contributed by atoms with Crippen LogP contribution in [0.3, 0.4) is 0 Å². The molecule has 1 aromatic carbocycles. The summed E-state index contributed by atoms with van der Waals surface area (Å²) in [6.45, 7) is 0. The van der Waals surface area contributed by atoms with Gasteiger partial charge in [0.1, 0.15) is 5.75 Å². The van der Waals surface area contributed by atoms with E-state index < -0.39 is 0 Å². The van der Waals surface area contributed by atoms with Crippen LogP contribution in [0.5, 0.6) is 5.75 Å². The first-order valence-corrected chi connectivity index (χ1v) is 7.54. The van der Waals surface area contributed by atoms with Gasteiger partial charge in [-0.05, 0) is 42.4 Å². The minimum Gasteiger partial charge on any atom is -0.508 e. The molecule has 5 nitrogen and oxygen atoms in total. The van der Waals surface area contributed by atoms with Gasteiger partial charge in [0, 0.05) is 0 Å². The molecule has 2 bridgehead atoms. The van der Waals surface area contributed by atoms with Crippen molar-refractivity contribution in [3.05, 3.63) is 42.0 Å². The summed E-state index contributed by atoms with van der Waals surface area (Å²) in [4.78, 5) is 25.1. The second kappa shape index (κ2) is 4.80. The number of fused-ring (bicyclic) bond motifs is 1. The number of hydrazone groups is 1. The van der Waals surface area contributed by atoms with Crippen LogP contribution >= 0.6 is 0 Å². The number of carbonyl (C=O) groups is 2. The zero-order valence-corrected chi connectivity index (χ0v) is 11.9. The van der Waals surface area contributed by atoms with Crippen molar-refractivity contribution < 1.29 is 14.7 Å². The van der Waals surface area contributed by atoms with Gasteiger partial charge >= 0.3 is 0 Å². The number of carbonyl (C=O) groups excluding carboxylic acids is 2. The third-order valence-corrected chi connectivity index (χ3v) is 4.93. The average Bonchev–Trinajstić information content (AvgIpc) is 2.80. The maximum Gasteiger partial charge on any atom is 0.254 e. The van der Waals surface area contributed by atoms with Crippen LogP contribution in [0.1, 0.15) is 18.4 Å². The van der Waals surface area contributed by atoms with E-state index in [0.717, 1.165) is 17.9 Å². The molecule has 3 aliphatic carbocycles. The van der Waals surface area contributed by atoms with Crippen LogP contribution in [0.15, 0.2) is 41.5 Å². The molecule has 1 saturated heterocycles. The standard InChI is InChI=1S/C17H16N2O3/c20-13-3-1-2-10(8-13)9-18-19-16(21)14-11-4-5-12(7-6-11)15(14)17(19)22/h1-5,8-9,11-12,14-15,20H,6-7H2. The Morgan fingerprint density at radius 1 is 1.09 bits per heavy atom. The molecule has 112 valence electrons. The van der Waals surface area contributed by atoms with Crippen LogP contribution in [0.25, 0.3) is 0 Å². The van der Waals surface area contributed by atoms with Crippen LogP contribution in [-0.2, 0) is 9.59 Å². The van der Waals surface area contributed by atoms with Gasteiger partial charge in [-0.25, -0.2) is 0 Å². The molecule has 1 N–H and O–H groups in total. The predicted octanol–water partition coefficient (Wildman–Crippen LogP) is 1.92. The van der Waals surface area contributed by atoms with Gasteiger partial charge in [-0.1, -0.05) is 24.3 Å². The summed E-state index contributed by atoms with van der Waals surface area (Å²) in [6.07, 6.45) is 7.57. The molecular weight excluding hydrogens is 280 g/mol. The van der Waals surface area contributed by atoms with Crippen molar-refractivity contribution in [2.45, 2.75) is 12.8 Å². The molecule has 1 aliphatic heterocycles. The summed E-state index contributed by atoms with van der Waals surface area (Å²) in [6, 6.07) is 6.54. The summed E-state index contributed by atoms with van der Waals surface area (Å²) in [7, 11) is 0. The van der Waals surface area contributed by atoms with Crippen molar-refractivity contribution in [3.8, 4) is 5.75 Å². The minimum absolute atomic E-state index is 0.124. The van der Waals surface area contributed by atoms with E-state index in [-0.39, 0.29) is 41.2 Å². The Kier molecular flexibility index (Phi) is 2.89. The Hall–Kier alpha value is -2.43. The van der Waals surface area contributed by atoms with Crippen LogP contribution in [0.4, 0.5) is 0 Å². The highest BCUT2D eigenvalue weighted by Gasteiger charge is 2.56.